The van der Waals surface area contributed by atoms with Crippen molar-refractivity contribution in [3.05, 3.63) is 35.9 Å². The molecule has 1 saturated carbocycles. The second-order valence-electron chi connectivity index (χ2n) is 6.59. The van der Waals surface area contributed by atoms with Gasteiger partial charge in [0.15, 0.2) is 5.96 Å². The number of nitrogens with one attached hydrogen (secondary N) is 2. The van der Waals surface area contributed by atoms with Gasteiger partial charge in [-0.15, -0.1) is 0 Å². The van der Waals surface area contributed by atoms with Crippen molar-refractivity contribution in [2.75, 3.05) is 26.7 Å². The van der Waals surface area contributed by atoms with E-state index in [0.717, 1.165) is 18.4 Å². The quantitative estimate of drug-likeness (QED) is 0.648. The van der Waals surface area contributed by atoms with Gasteiger partial charge < -0.3 is 10.6 Å². The van der Waals surface area contributed by atoms with E-state index in [0.29, 0.717) is 12.1 Å². The molecule has 0 radical (unpaired) electrons. The van der Waals surface area contributed by atoms with Crippen LogP contribution in [0.25, 0.3) is 0 Å². The Balaban J connectivity index is 1.62. The average molecular weight is 300 g/mol. The van der Waals surface area contributed by atoms with Gasteiger partial charge in [-0.25, -0.2) is 0 Å². The van der Waals surface area contributed by atoms with E-state index in [1.54, 1.807) is 0 Å². The van der Waals surface area contributed by atoms with Crippen LogP contribution < -0.4 is 10.6 Å². The number of hydrogen-bond donors (Lipinski definition) is 2. The molecule has 1 aromatic rings. The summed E-state index contributed by atoms with van der Waals surface area (Å²) >= 11 is 0. The largest absolute Gasteiger partial charge is 0.354 e. The highest BCUT2D eigenvalue weighted by atomic mass is 15.2. The Hall–Kier alpha value is -1.55. The van der Waals surface area contributed by atoms with Gasteiger partial charge in [-0.05, 0) is 43.8 Å². The molecule has 1 aliphatic carbocycles. The topological polar surface area (TPSA) is 39.7 Å². The van der Waals surface area contributed by atoms with Gasteiger partial charge in [-0.3, -0.25) is 9.89 Å². The second-order valence-corrected chi connectivity index (χ2v) is 6.59. The molecule has 4 nitrogen and oxygen atoms in total. The molecule has 0 bridgehead atoms. The summed E-state index contributed by atoms with van der Waals surface area (Å²) in [5, 5.41) is 7.04. The monoisotopic (exact) mass is 300 g/mol. The highest BCUT2D eigenvalue weighted by molar-refractivity contribution is 5.80. The van der Waals surface area contributed by atoms with Crippen molar-refractivity contribution in [3.63, 3.8) is 0 Å². The minimum atomic E-state index is 0.430. The van der Waals surface area contributed by atoms with E-state index in [-0.39, 0.29) is 0 Å². The first-order valence-electron chi connectivity index (χ1n) is 8.54. The highest BCUT2D eigenvalue weighted by Gasteiger charge is 2.33. The zero-order chi connectivity index (χ0) is 15.4. The summed E-state index contributed by atoms with van der Waals surface area (Å²) in [6, 6.07) is 11.9. The first-order chi connectivity index (χ1) is 10.8. The first-order valence-corrected chi connectivity index (χ1v) is 8.54. The minimum Gasteiger partial charge on any atom is -0.354 e. The van der Waals surface area contributed by atoms with Crippen LogP contribution in [-0.4, -0.2) is 43.6 Å². The van der Waals surface area contributed by atoms with Crippen LogP contribution in [0.3, 0.4) is 0 Å². The maximum atomic E-state index is 4.37. The first kappa shape index (κ1) is 15.3. The number of rotatable bonds is 5. The van der Waals surface area contributed by atoms with Gasteiger partial charge in [0.1, 0.15) is 0 Å². The minimum absolute atomic E-state index is 0.430. The molecule has 2 fully saturated rings. The third-order valence-corrected chi connectivity index (χ3v) is 4.88. The third-order valence-electron chi connectivity index (χ3n) is 4.88. The molecule has 1 aliphatic heterocycles. The van der Waals surface area contributed by atoms with Crippen molar-refractivity contribution in [1.29, 1.82) is 0 Å². The maximum absolute atomic E-state index is 4.37. The Morgan fingerprint density at radius 1 is 1.27 bits per heavy atom. The smallest absolute Gasteiger partial charge is 0.191 e. The molecule has 1 heterocycles. The second kappa shape index (κ2) is 7.14. The lowest BCUT2D eigenvalue weighted by Gasteiger charge is -2.29. The van der Waals surface area contributed by atoms with E-state index in [9.17, 15) is 0 Å². The van der Waals surface area contributed by atoms with Gasteiger partial charge in [-0.2, -0.15) is 0 Å². The molecule has 3 rings (SSSR count). The fourth-order valence-electron chi connectivity index (χ4n) is 3.27. The number of guanidine groups is 1. The Bertz CT molecular complexity index is 493. The van der Waals surface area contributed by atoms with E-state index in [1.165, 1.54) is 37.9 Å². The van der Waals surface area contributed by atoms with E-state index >= 15 is 0 Å². The molecule has 120 valence electrons. The zero-order valence-corrected chi connectivity index (χ0v) is 13.8. The number of aliphatic imine (C=N–C) groups is 1. The highest BCUT2D eigenvalue weighted by Crippen LogP contribution is 2.29. The SMILES string of the molecule is CN=C(NCC(c1ccccc1)N1CCCC1)NC1CC1C. The molecule has 0 aromatic heterocycles. The van der Waals surface area contributed by atoms with Gasteiger partial charge in [0.05, 0.1) is 6.04 Å². The number of benzene rings is 1. The standard InChI is InChI=1S/C18H28N4/c1-14-12-16(14)21-18(19-2)20-13-17(22-10-6-7-11-22)15-8-4-3-5-9-15/h3-5,8-9,14,16-17H,6-7,10-13H2,1-2H3,(H2,19,20,21). The molecule has 4 heteroatoms. The normalized spacial score (nSPS) is 26.7. The van der Waals surface area contributed by atoms with Gasteiger partial charge >= 0.3 is 0 Å². The lowest BCUT2D eigenvalue weighted by Crippen LogP contribution is -2.43. The van der Waals surface area contributed by atoms with Gasteiger partial charge in [-0.1, -0.05) is 37.3 Å². The molecular formula is C18H28N4. The van der Waals surface area contributed by atoms with Crippen LogP contribution in [0.15, 0.2) is 35.3 Å². The van der Waals surface area contributed by atoms with Crippen LogP contribution >= 0.6 is 0 Å². The Morgan fingerprint density at radius 2 is 1.95 bits per heavy atom. The lowest BCUT2D eigenvalue weighted by atomic mass is 10.1. The Kier molecular flexibility index (Phi) is 4.98. The Labute approximate surface area is 134 Å². The van der Waals surface area contributed by atoms with Crippen LogP contribution in [0.4, 0.5) is 0 Å². The van der Waals surface area contributed by atoms with E-state index in [4.69, 9.17) is 0 Å². The van der Waals surface area contributed by atoms with Crippen LogP contribution in [0.2, 0.25) is 0 Å². The third kappa shape index (κ3) is 3.80. The van der Waals surface area contributed by atoms with Gasteiger partial charge in [0.25, 0.3) is 0 Å². The summed E-state index contributed by atoms with van der Waals surface area (Å²) in [5.41, 5.74) is 1.40. The fraction of sp³-hybridized carbons (Fsp3) is 0.611. The van der Waals surface area contributed by atoms with Crippen molar-refractivity contribution >= 4 is 5.96 Å². The van der Waals surface area contributed by atoms with Crippen LogP contribution in [0.5, 0.6) is 0 Å². The summed E-state index contributed by atoms with van der Waals surface area (Å²) in [5.74, 6) is 1.72. The molecule has 22 heavy (non-hydrogen) atoms. The van der Waals surface area contributed by atoms with E-state index in [1.807, 2.05) is 7.05 Å². The van der Waals surface area contributed by atoms with Crippen molar-refractivity contribution in [2.45, 2.75) is 38.3 Å². The van der Waals surface area contributed by atoms with Crippen LogP contribution in [-0.2, 0) is 0 Å². The van der Waals surface area contributed by atoms with Crippen LogP contribution in [0.1, 0.15) is 37.8 Å². The van der Waals surface area contributed by atoms with Crippen molar-refractivity contribution in [2.24, 2.45) is 10.9 Å². The number of nitrogens with zero attached hydrogens (tertiary/aromatic N) is 2. The summed E-state index contributed by atoms with van der Waals surface area (Å²) in [6.07, 6.45) is 3.89. The molecule has 1 saturated heterocycles. The molecule has 2 aliphatic rings. The van der Waals surface area contributed by atoms with Crippen molar-refractivity contribution in [1.82, 2.24) is 15.5 Å². The predicted molar refractivity (Wildman–Crippen MR) is 92.1 cm³/mol. The predicted octanol–water partition coefficient (Wildman–Crippen LogP) is 2.40. The molecule has 1 aromatic carbocycles. The molecule has 3 atom stereocenters. The summed E-state index contributed by atoms with van der Waals surface area (Å²) in [7, 11) is 1.86. The number of likely N-dealkylation sites (tertiary alicyclic amines) is 1. The zero-order valence-electron chi connectivity index (χ0n) is 13.8. The molecule has 0 spiro atoms. The summed E-state index contributed by atoms with van der Waals surface area (Å²) in [6.45, 7) is 5.59. The molecular weight excluding hydrogens is 272 g/mol. The summed E-state index contributed by atoms with van der Waals surface area (Å²) in [4.78, 5) is 6.96. The fourth-order valence-corrected chi connectivity index (χ4v) is 3.27. The lowest BCUT2D eigenvalue weighted by molar-refractivity contribution is 0.245. The number of hydrogen-bond acceptors (Lipinski definition) is 2. The molecule has 0 amide bonds. The Morgan fingerprint density at radius 3 is 2.55 bits per heavy atom. The van der Waals surface area contributed by atoms with E-state index < -0.39 is 0 Å². The van der Waals surface area contributed by atoms with Crippen molar-refractivity contribution < 1.29 is 0 Å². The van der Waals surface area contributed by atoms with Gasteiger partial charge in [0.2, 0.25) is 0 Å². The molecule has 3 unspecified atom stereocenters. The van der Waals surface area contributed by atoms with E-state index in [2.05, 4.69) is 57.8 Å². The summed E-state index contributed by atoms with van der Waals surface area (Å²) < 4.78 is 0. The van der Waals surface area contributed by atoms with Gasteiger partial charge in [0, 0.05) is 19.6 Å². The maximum Gasteiger partial charge on any atom is 0.191 e. The van der Waals surface area contributed by atoms with Crippen LogP contribution in [0, 0.1) is 5.92 Å². The van der Waals surface area contributed by atoms with Crippen molar-refractivity contribution in [3.8, 4) is 0 Å². The molecule has 2 N–H and O–H groups in total. The average Bonchev–Trinajstić information content (AvgIpc) is 3.02.